The van der Waals surface area contributed by atoms with Crippen molar-refractivity contribution >= 4 is 16.0 Å². The van der Waals surface area contributed by atoms with Gasteiger partial charge in [0.25, 0.3) is 0 Å². The maximum atomic E-state index is 11.7. The Morgan fingerprint density at radius 2 is 1.93 bits per heavy atom. The van der Waals surface area contributed by atoms with Gasteiger partial charge in [-0.25, -0.2) is 13.1 Å². The van der Waals surface area contributed by atoms with E-state index in [0.717, 1.165) is 57.8 Å². The summed E-state index contributed by atoms with van der Waals surface area (Å²) < 4.78 is 36.9. The molecule has 0 aromatic heterocycles. The lowest BCUT2D eigenvalue weighted by molar-refractivity contribution is 0.0203. The van der Waals surface area contributed by atoms with Crippen LogP contribution in [0.15, 0.2) is 34.2 Å². The second-order valence-electron chi connectivity index (χ2n) is 6.69. The van der Waals surface area contributed by atoms with Crippen molar-refractivity contribution in [1.82, 2.24) is 15.4 Å². The average Bonchev–Trinajstić information content (AvgIpc) is 2.73. The summed E-state index contributed by atoms with van der Waals surface area (Å²) in [7, 11) is -0.282. The van der Waals surface area contributed by atoms with Crippen LogP contribution in [0.25, 0.3) is 0 Å². The molecule has 1 aliphatic heterocycles. The Balaban J connectivity index is 1.62. The molecule has 1 aliphatic rings. The number of hydrogen-bond donors (Lipinski definition) is 3. The van der Waals surface area contributed by atoms with Gasteiger partial charge in [0.15, 0.2) is 5.96 Å². The molecular formula is C19H32N4O4S. The molecule has 0 unspecified atom stereocenters. The van der Waals surface area contributed by atoms with Gasteiger partial charge in [-0.1, -0.05) is 12.1 Å². The molecule has 0 radical (unpaired) electrons. The minimum absolute atomic E-state index is 0.252. The van der Waals surface area contributed by atoms with Gasteiger partial charge in [0.2, 0.25) is 10.0 Å². The van der Waals surface area contributed by atoms with Gasteiger partial charge in [-0.3, -0.25) is 4.99 Å². The van der Waals surface area contributed by atoms with Crippen LogP contribution in [0.1, 0.15) is 24.8 Å². The summed E-state index contributed by atoms with van der Waals surface area (Å²) >= 11 is 0. The highest BCUT2D eigenvalue weighted by Gasteiger charge is 2.13. The summed E-state index contributed by atoms with van der Waals surface area (Å²) in [6.45, 7) is 4.57. The van der Waals surface area contributed by atoms with Crippen molar-refractivity contribution in [2.45, 2.75) is 30.7 Å². The van der Waals surface area contributed by atoms with Crippen molar-refractivity contribution < 1.29 is 17.9 Å². The smallest absolute Gasteiger partial charge is 0.240 e. The number of rotatable bonds is 10. The Labute approximate surface area is 168 Å². The van der Waals surface area contributed by atoms with Crippen molar-refractivity contribution in [3.05, 3.63) is 29.8 Å². The van der Waals surface area contributed by atoms with Crippen molar-refractivity contribution in [2.75, 3.05) is 47.1 Å². The highest BCUT2D eigenvalue weighted by molar-refractivity contribution is 7.89. The van der Waals surface area contributed by atoms with Crippen LogP contribution < -0.4 is 15.4 Å². The third-order valence-electron chi connectivity index (χ3n) is 4.64. The summed E-state index contributed by atoms with van der Waals surface area (Å²) in [5.74, 6) is 1.34. The molecule has 1 aromatic carbocycles. The highest BCUT2D eigenvalue weighted by Crippen LogP contribution is 2.14. The number of benzene rings is 1. The molecule has 0 saturated carbocycles. The number of guanidine groups is 1. The van der Waals surface area contributed by atoms with Crippen LogP contribution >= 0.6 is 0 Å². The minimum Gasteiger partial charge on any atom is -0.381 e. The number of nitrogens with one attached hydrogen (secondary N) is 3. The van der Waals surface area contributed by atoms with E-state index >= 15 is 0 Å². The molecular weight excluding hydrogens is 380 g/mol. The predicted molar refractivity (Wildman–Crippen MR) is 110 cm³/mol. The first-order valence-corrected chi connectivity index (χ1v) is 11.2. The number of hydrogen-bond acceptors (Lipinski definition) is 5. The zero-order chi connectivity index (χ0) is 20.2. The second-order valence-corrected chi connectivity index (χ2v) is 8.57. The van der Waals surface area contributed by atoms with E-state index in [-0.39, 0.29) is 4.90 Å². The summed E-state index contributed by atoms with van der Waals surface area (Å²) in [6, 6.07) is 6.76. The van der Waals surface area contributed by atoms with Crippen molar-refractivity contribution in [3.63, 3.8) is 0 Å². The van der Waals surface area contributed by atoms with Crippen LogP contribution in [-0.4, -0.2) is 61.4 Å². The van der Waals surface area contributed by atoms with Crippen LogP contribution in [0.2, 0.25) is 0 Å². The fourth-order valence-corrected chi connectivity index (χ4v) is 3.58. The molecule has 1 fully saturated rings. The number of ether oxygens (including phenoxy) is 2. The van der Waals surface area contributed by atoms with Gasteiger partial charge in [0, 0.05) is 46.6 Å². The lowest BCUT2D eigenvalue weighted by atomic mass is 10.0. The molecule has 2 rings (SSSR count). The van der Waals surface area contributed by atoms with E-state index in [1.165, 1.54) is 7.05 Å². The normalized spacial score (nSPS) is 16.1. The predicted octanol–water partition coefficient (Wildman–Crippen LogP) is 1.09. The van der Waals surface area contributed by atoms with E-state index in [1.807, 2.05) is 0 Å². The lowest BCUT2D eigenvalue weighted by Crippen LogP contribution is -2.37. The van der Waals surface area contributed by atoms with E-state index in [0.29, 0.717) is 18.4 Å². The molecule has 0 spiro atoms. The first-order valence-electron chi connectivity index (χ1n) is 9.67. The first kappa shape index (κ1) is 22.6. The Morgan fingerprint density at radius 1 is 1.21 bits per heavy atom. The SMILES string of the molecule is CN=C(NCCCOCC1CCOCC1)NCc1ccc(S(=O)(=O)NC)cc1. The molecule has 0 bridgehead atoms. The molecule has 9 heteroatoms. The van der Waals surface area contributed by atoms with Crippen LogP contribution in [0.4, 0.5) is 0 Å². The Bertz CT molecular complexity index is 701. The van der Waals surface area contributed by atoms with Gasteiger partial charge in [-0.05, 0) is 49.9 Å². The van der Waals surface area contributed by atoms with E-state index < -0.39 is 10.0 Å². The fourth-order valence-electron chi connectivity index (χ4n) is 2.85. The average molecular weight is 413 g/mol. The maximum Gasteiger partial charge on any atom is 0.240 e. The number of nitrogens with zero attached hydrogens (tertiary/aromatic N) is 1. The summed E-state index contributed by atoms with van der Waals surface area (Å²) in [4.78, 5) is 4.45. The molecule has 1 saturated heterocycles. The van der Waals surface area contributed by atoms with Crippen molar-refractivity contribution in [3.8, 4) is 0 Å². The molecule has 158 valence electrons. The monoisotopic (exact) mass is 412 g/mol. The minimum atomic E-state index is -3.40. The van der Waals surface area contributed by atoms with Gasteiger partial charge < -0.3 is 20.1 Å². The third-order valence-corrected chi connectivity index (χ3v) is 6.07. The largest absolute Gasteiger partial charge is 0.381 e. The zero-order valence-corrected chi connectivity index (χ0v) is 17.6. The summed E-state index contributed by atoms with van der Waals surface area (Å²) in [5.41, 5.74) is 0.970. The summed E-state index contributed by atoms with van der Waals surface area (Å²) in [5, 5.41) is 6.48. The zero-order valence-electron chi connectivity index (χ0n) is 16.7. The second kappa shape index (κ2) is 12.0. The van der Waals surface area contributed by atoms with Crippen LogP contribution in [-0.2, 0) is 26.0 Å². The van der Waals surface area contributed by atoms with Gasteiger partial charge in [-0.2, -0.15) is 0 Å². The fraction of sp³-hybridized carbons (Fsp3) is 0.632. The molecule has 0 aliphatic carbocycles. The number of sulfonamides is 1. The Hall–Kier alpha value is -1.68. The van der Waals surface area contributed by atoms with Crippen LogP contribution in [0.3, 0.4) is 0 Å². The highest BCUT2D eigenvalue weighted by atomic mass is 32.2. The molecule has 3 N–H and O–H groups in total. The molecule has 1 heterocycles. The lowest BCUT2D eigenvalue weighted by Gasteiger charge is -2.21. The van der Waals surface area contributed by atoms with Gasteiger partial charge >= 0.3 is 0 Å². The van der Waals surface area contributed by atoms with Gasteiger partial charge in [-0.15, -0.1) is 0 Å². The molecule has 8 nitrogen and oxygen atoms in total. The van der Waals surface area contributed by atoms with E-state index in [9.17, 15) is 8.42 Å². The maximum absolute atomic E-state index is 11.7. The molecule has 28 heavy (non-hydrogen) atoms. The molecule has 0 amide bonds. The Morgan fingerprint density at radius 3 is 2.57 bits per heavy atom. The van der Waals surface area contributed by atoms with Gasteiger partial charge in [0.05, 0.1) is 4.90 Å². The van der Waals surface area contributed by atoms with Crippen molar-refractivity contribution in [1.29, 1.82) is 0 Å². The first-order chi connectivity index (χ1) is 13.5. The number of aliphatic imine (C=N–C) groups is 1. The molecule has 1 aromatic rings. The van der Waals surface area contributed by atoms with E-state index in [4.69, 9.17) is 9.47 Å². The summed E-state index contributed by atoms with van der Waals surface area (Å²) in [6.07, 6.45) is 3.09. The topological polar surface area (TPSA) is 101 Å². The van der Waals surface area contributed by atoms with Crippen LogP contribution in [0.5, 0.6) is 0 Å². The quantitative estimate of drug-likeness (QED) is 0.302. The Kier molecular flexibility index (Phi) is 9.69. The molecule has 0 atom stereocenters. The van der Waals surface area contributed by atoms with E-state index in [1.54, 1.807) is 31.3 Å². The van der Waals surface area contributed by atoms with E-state index in [2.05, 4.69) is 20.3 Å². The standard InChI is InChI=1S/C19H32N4O4S/c1-20-19(22-10-3-11-27-15-17-8-12-26-13-9-17)23-14-16-4-6-18(7-5-16)28(24,25)21-2/h4-7,17,21H,3,8-15H2,1-2H3,(H2,20,22,23). The van der Waals surface area contributed by atoms with Gasteiger partial charge in [0.1, 0.15) is 0 Å². The third kappa shape index (κ3) is 7.75. The van der Waals surface area contributed by atoms with Crippen LogP contribution in [0, 0.1) is 5.92 Å². The van der Waals surface area contributed by atoms with Crippen molar-refractivity contribution in [2.24, 2.45) is 10.9 Å².